The molecule has 1 fully saturated rings. The molecule has 1 saturated heterocycles. The molecule has 23 heavy (non-hydrogen) atoms. The minimum absolute atomic E-state index is 0.393. The van der Waals surface area contributed by atoms with Gasteiger partial charge in [0.05, 0.1) is 0 Å². The highest BCUT2D eigenvalue weighted by atomic mass is 15.2. The molecule has 0 aliphatic carbocycles. The molecule has 2 aromatic heterocycles. The van der Waals surface area contributed by atoms with E-state index in [1.807, 2.05) is 18.6 Å². The van der Waals surface area contributed by atoms with Crippen molar-refractivity contribution in [2.45, 2.75) is 19.5 Å². The number of nitrogens with zero attached hydrogens (tertiary/aromatic N) is 4. The molecule has 122 valence electrons. The minimum Gasteiger partial charge on any atom is -0.360 e. The van der Waals surface area contributed by atoms with Gasteiger partial charge in [-0.3, -0.25) is 9.88 Å². The summed E-state index contributed by atoms with van der Waals surface area (Å²) < 4.78 is 0. The van der Waals surface area contributed by atoms with Crippen LogP contribution in [0.1, 0.15) is 24.1 Å². The third-order valence-corrected chi connectivity index (χ3v) is 4.51. The van der Waals surface area contributed by atoms with Gasteiger partial charge in [0.25, 0.3) is 0 Å². The van der Waals surface area contributed by atoms with E-state index in [0.717, 1.165) is 38.5 Å². The van der Waals surface area contributed by atoms with E-state index in [-0.39, 0.29) is 0 Å². The highest BCUT2D eigenvalue weighted by Crippen LogP contribution is 2.23. The molecule has 1 aliphatic rings. The second-order valence-corrected chi connectivity index (χ2v) is 6.01. The first-order chi connectivity index (χ1) is 11.3. The van der Waals surface area contributed by atoms with E-state index in [2.05, 4.69) is 63.3 Å². The zero-order valence-corrected chi connectivity index (χ0v) is 13.9. The Kier molecular flexibility index (Phi) is 5.20. The number of aromatic nitrogens is 2. The van der Waals surface area contributed by atoms with Crippen LogP contribution in [0, 0.1) is 0 Å². The largest absolute Gasteiger partial charge is 0.360 e. The van der Waals surface area contributed by atoms with Crippen molar-refractivity contribution >= 4 is 5.82 Å². The Bertz CT molecular complexity index is 599. The molecule has 0 radical (unpaired) electrons. The smallest absolute Gasteiger partial charge is 0.128 e. The predicted octanol–water partition coefficient (Wildman–Crippen LogP) is 2.08. The maximum atomic E-state index is 4.59. The molecule has 3 rings (SSSR count). The van der Waals surface area contributed by atoms with Gasteiger partial charge in [-0.05, 0) is 36.2 Å². The molecule has 0 bridgehead atoms. The molecule has 0 spiro atoms. The summed E-state index contributed by atoms with van der Waals surface area (Å²) in [5, 5.41) is 3.50. The molecule has 5 nitrogen and oxygen atoms in total. The summed E-state index contributed by atoms with van der Waals surface area (Å²) in [5.41, 5.74) is 2.58. The summed E-state index contributed by atoms with van der Waals surface area (Å²) >= 11 is 0. The van der Waals surface area contributed by atoms with Gasteiger partial charge in [-0.1, -0.05) is 6.07 Å². The topological polar surface area (TPSA) is 44.3 Å². The van der Waals surface area contributed by atoms with Gasteiger partial charge >= 0.3 is 0 Å². The molecular weight excluding hydrogens is 286 g/mol. The van der Waals surface area contributed by atoms with E-state index in [0.29, 0.717) is 6.04 Å². The van der Waals surface area contributed by atoms with Crippen LogP contribution < -0.4 is 10.2 Å². The minimum atomic E-state index is 0.393. The van der Waals surface area contributed by atoms with Crippen LogP contribution in [-0.2, 0) is 6.54 Å². The van der Waals surface area contributed by atoms with Crippen LogP contribution in [0.3, 0.4) is 0 Å². The number of rotatable bonds is 5. The van der Waals surface area contributed by atoms with Crippen LogP contribution in [0.5, 0.6) is 0 Å². The van der Waals surface area contributed by atoms with Crippen molar-refractivity contribution in [3.8, 4) is 0 Å². The number of hydrogen-bond acceptors (Lipinski definition) is 5. The van der Waals surface area contributed by atoms with Crippen LogP contribution >= 0.6 is 0 Å². The van der Waals surface area contributed by atoms with E-state index < -0.39 is 0 Å². The third-order valence-electron chi connectivity index (χ3n) is 4.51. The summed E-state index contributed by atoms with van der Waals surface area (Å²) in [6.45, 7) is 7.09. The first kappa shape index (κ1) is 15.9. The maximum Gasteiger partial charge on any atom is 0.128 e. The van der Waals surface area contributed by atoms with E-state index in [9.17, 15) is 0 Å². The molecule has 1 N–H and O–H groups in total. The molecule has 3 heterocycles. The Hall–Kier alpha value is -1.98. The van der Waals surface area contributed by atoms with Crippen LogP contribution in [0.2, 0.25) is 0 Å². The maximum absolute atomic E-state index is 4.59. The molecule has 1 aliphatic heterocycles. The number of pyridine rings is 2. The van der Waals surface area contributed by atoms with Crippen molar-refractivity contribution in [1.29, 1.82) is 0 Å². The lowest BCUT2D eigenvalue weighted by Gasteiger charge is -2.36. The second-order valence-electron chi connectivity index (χ2n) is 6.01. The average molecular weight is 311 g/mol. The fourth-order valence-electron chi connectivity index (χ4n) is 2.98. The first-order valence-corrected chi connectivity index (χ1v) is 8.28. The SMILES string of the molecule is CCN(C)c1ccc(CN2CCNCC2c2ccncc2)cn1. The summed E-state index contributed by atoms with van der Waals surface area (Å²) in [5.74, 6) is 1.03. The fraction of sp³-hybridized carbons (Fsp3) is 0.444. The number of nitrogens with one attached hydrogen (secondary N) is 1. The Morgan fingerprint density at radius 1 is 1.26 bits per heavy atom. The van der Waals surface area contributed by atoms with Gasteiger partial charge in [0.2, 0.25) is 0 Å². The lowest BCUT2D eigenvalue weighted by atomic mass is 10.0. The molecule has 2 aromatic rings. The van der Waals surface area contributed by atoms with Crippen LogP contribution in [-0.4, -0.2) is 48.1 Å². The Morgan fingerprint density at radius 2 is 2.09 bits per heavy atom. The Labute approximate surface area is 138 Å². The second kappa shape index (κ2) is 7.53. The normalized spacial score (nSPS) is 18.8. The quantitative estimate of drug-likeness (QED) is 0.916. The molecular formula is C18H25N5. The third kappa shape index (κ3) is 3.86. The van der Waals surface area contributed by atoms with Gasteiger partial charge in [0.1, 0.15) is 5.82 Å². The van der Waals surface area contributed by atoms with Gasteiger partial charge in [0.15, 0.2) is 0 Å². The van der Waals surface area contributed by atoms with Crippen molar-refractivity contribution in [2.75, 3.05) is 38.1 Å². The number of anilines is 1. The van der Waals surface area contributed by atoms with E-state index >= 15 is 0 Å². The Balaban J connectivity index is 1.72. The van der Waals surface area contributed by atoms with Crippen molar-refractivity contribution in [1.82, 2.24) is 20.2 Å². The van der Waals surface area contributed by atoms with Crippen LogP contribution in [0.4, 0.5) is 5.82 Å². The Morgan fingerprint density at radius 3 is 2.78 bits per heavy atom. The van der Waals surface area contributed by atoms with Gasteiger partial charge in [-0.25, -0.2) is 4.98 Å². The van der Waals surface area contributed by atoms with Crippen molar-refractivity contribution in [2.24, 2.45) is 0 Å². The molecule has 5 heteroatoms. The van der Waals surface area contributed by atoms with Gasteiger partial charge in [-0.2, -0.15) is 0 Å². The van der Waals surface area contributed by atoms with Crippen LogP contribution in [0.15, 0.2) is 42.9 Å². The van der Waals surface area contributed by atoms with Crippen molar-refractivity contribution in [3.63, 3.8) is 0 Å². The monoisotopic (exact) mass is 311 g/mol. The zero-order valence-electron chi connectivity index (χ0n) is 13.9. The van der Waals surface area contributed by atoms with Crippen LogP contribution in [0.25, 0.3) is 0 Å². The molecule has 0 amide bonds. The number of piperazine rings is 1. The van der Waals surface area contributed by atoms with Gasteiger partial charge in [0, 0.05) is 64.4 Å². The highest BCUT2D eigenvalue weighted by molar-refractivity contribution is 5.38. The first-order valence-electron chi connectivity index (χ1n) is 8.28. The lowest BCUT2D eigenvalue weighted by Crippen LogP contribution is -2.45. The standard InChI is InChI=1S/C18H25N5/c1-3-22(2)18-5-4-15(12-21-18)14-23-11-10-20-13-17(23)16-6-8-19-9-7-16/h4-9,12,17,20H,3,10-11,13-14H2,1-2H3. The molecule has 1 atom stereocenters. The molecule has 0 aromatic carbocycles. The molecule has 0 saturated carbocycles. The van der Waals surface area contributed by atoms with E-state index in [4.69, 9.17) is 0 Å². The highest BCUT2D eigenvalue weighted by Gasteiger charge is 2.23. The number of hydrogen-bond donors (Lipinski definition) is 1. The van der Waals surface area contributed by atoms with Gasteiger partial charge in [-0.15, -0.1) is 0 Å². The summed E-state index contributed by atoms with van der Waals surface area (Å²) in [6, 6.07) is 8.93. The van der Waals surface area contributed by atoms with Gasteiger partial charge < -0.3 is 10.2 Å². The molecule has 1 unspecified atom stereocenters. The summed E-state index contributed by atoms with van der Waals surface area (Å²) in [4.78, 5) is 13.4. The lowest BCUT2D eigenvalue weighted by molar-refractivity contribution is 0.153. The summed E-state index contributed by atoms with van der Waals surface area (Å²) in [7, 11) is 2.07. The average Bonchev–Trinajstić information content (AvgIpc) is 2.63. The van der Waals surface area contributed by atoms with Crippen molar-refractivity contribution < 1.29 is 0 Å². The van der Waals surface area contributed by atoms with E-state index in [1.165, 1.54) is 11.1 Å². The summed E-state index contributed by atoms with van der Waals surface area (Å²) in [6.07, 6.45) is 5.76. The predicted molar refractivity (Wildman–Crippen MR) is 93.4 cm³/mol. The zero-order chi connectivity index (χ0) is 16.1. The fourth-order valence-corrected chi connectivity index (χ4v) is 2.98. The van der Waals surface area contributed by atoms with Crippen molar-refractivity contribution in [3.05, 3.63) is 54.0 Å². The van der Waals surface area contributed by atoms with E-state index in [1.54, 1.807) is 0 Å².